The van der Waals surface area contributed by atoms with Crippen LogP contribution in [0.5, 0.6) is 5.75 Å². The number of carbonyl (C=O) groups excluding carboxylic acids is 2. The summed E-state index contributed by atoms with van der Waals surface area (Å²) in [4.78, 5) is 30.1. The summed E-state index contributed by atoms with van der Waals surface area (Å²) < 4.78 is 0. The summed E-state index contributed by atoms with van der Waals surface area (Å²) in [6.45, 7) is 4.84. The van der Waals surface area contributed by atoms with Crippen molar-refractivity contribution in [2.75, 3.05) is 26.7 Å². The minimum Gasteiger partial charge on any atom is -0.508 e. The molecule has 1 aromatic rings. The highest BCUT2D eigenvalue weighted by atomic mass is 16.3. The Labute approximate surface area is 136 Å². The standard InChI is InChI=1S/C17H23N3O3/c1-3-20-16(23)18(2)15(22)17(20)8-10-19(11-9-17)12-13-4-6-14(21)7-5-13/h4-7,21H,3,8-12H2,1-2H3. The maximum Gasteiger partial charge on any atom is 0.327 e. The van der Waals surface area contributed by atoms with Crippen LogP contribution in [0.25, 0.3) is 0 Å². The molecular formula is C17H23N3O3. The summed E-state index contributed by atoms with van der Waals surface area (Å²) >= 11 is 0. The minimum absolute atomic E-state index is 0.0615. The SMILES string of the molecule is CCN1C(=O)N(C)C(=O)C12CCN(Cc1ccc(O)cc1)CC2. The van der Waals surface area contributed by atoms with Gasteiger partial charge in [0, 0.05) is 33.2 Å². The third-order valence-corrected chi connectivity index (χ3v) is 5.08. The van der Waals surface area contributed by atoms with Gasteiger partial charge in [0.1, 0.15) is 11.3 Å². The molecule has 0 atom stereocenters. The highest BCUT2D eigenvalue weighted by molar-refractivity contribution is 6.06. The zero-order valence-corrected chi connectivity index (χ0v) is 13.7. The molecule has 1 aromatic carbocycles. The van der Waals surface area contributed by atoms with Crippen LogP contribution >= 0.6 is 0 Å². The van der Waals surface area contributed by atoms with E-state index in [1.54, 1.807) is 24.1 Å². The van der Waals surface area contributed by atoms with E-state index < -0.39 is 5.54 Å². The molecule has 3 rings (SSSR count). The van der Waals surface area contributed by atoms with Crippen molar-refractivity contribution in [3.05, 3.63) is 29.8 Å². The topological polar surface area (TPSA) is 64.1 Å². The van der Waals surface area contributed by atoms with E-state index in [1.165, 1.54) is 4.90 Å². The molecule has 2 aliphatic heterocycles. The highest BCUT2D eigenvalue weighted by Crippen LogP contribution is 2.36. The number of piperidine rings is 1. The molecule has 3 amide bonds. The van der Waals surface area contributed by atoms with Crippen molar-refractivity contribution in [3.63, 3.8) is 0 Å². The van der Waals surface area contributed by atoms with Gasteiger partial charge in [-0.05, 0) is 37.5 Å². The average molecular weight is 317 g/mol. The highest BCUT2D eigenvalue weighted by Gasteiger charge is 2.56. The number of carbonyl (C=O) groups is 2. The molecule has 6 nitrogen and oxygen atoms in total. The average Bonchev–Trinajstić information content (AvgIpc) is 2.73. The summed E-state index contributed by atoms with van der Waals surface area (Å²) in [6, 6.07) is 7.03. The van der Waals surface area contributed by atoms with Crippen LogP contribution in [-0.4, -0.2) is 64.0 Å². The summed E-state index contributed by atoms with van der Waals surface area (Å²) in [5.41, 5.74) is 0.489. The first-order chi connectivity index (χ1) is 11.0. The summed E-state index contributed by atoms with van der Waals surface area (Å²) in [6.07, 6.45) is 1.35. The summed E-state index contributed by atoms with van der Waals surface area (Å²) in [7, 11) is 1.57. The fourth-order valence-electron chi connectivity index (χ4n) is 3.74. The Morgan fingerprint density at radius 2 is 1.74 bits per heavy atom. The van der Waals surface area contributed by atoms with E-state index in [2.05, 4.69) is 4.90 Å². The van der Waals surface area contributed by atoms with Crippen LogP contribution < -0.4 is 0 Å². The number of phenolic OH excluding ortho intramolecular Hbond substituents is 1. The van der Waals surface area contributed by atoms with Crippen LogP contribution in [0.3, 0.4) is 0 Å². The van der Waals surface area contributed by atoms with Crippen molar-refractivity contribution in [1.82, 2.24) is 14.7 Å². The molecule has 2 heterocycles. The zero-order valence-electron chi connectivity index (χ0n) is 13.7. The number of phenols is 1. The van der Waals surface area contributed by atoms with Gasteiger partial charge in [-0.25, -0.2) is 4.79 Å². The number of hydrogen-bond donors (Lipinski definition) is 1. The molecule has 0 radical (unpaired) electrons. The molecule has 6 heteroatoms. The van der Waals surface area contributed by atoms with Crippen molar-refractivity contribution in [3.8, 4) is 5.75 Å². The second-order valence-electron chi connectivity index (χ2n) is 6.37. The minimum atomic E-state index is -0.647. The first kappa shape index (κ1) is 15.8. The number of aromatic hydroxyl groups is 1. The lowest BCUT2D eigenvalue weighted by Gasteiger charge is -2.41. The fraction of sp³-hybridized carbons (Fsp3) is 0.529. The third-order valence-electron chi connectivity index (χ3n) is 5.08. The molecule has 0 aliphatic carbocycles. The number of benzene rings is 1. The molecule has 2 fully saturated rings. The van der Waals surface area contributed by atoms with Crippen molar-refractivity contribution in [2.24, 2.45) is 0 Å². The quantitative estimate of drug-likeness (QED) is 0.861. The molecule has 1 N–H and O–H groups in total. The van der Waals surface area contributed by atoms with Gasteiger partial charge >= 0.3 is 6.03 Å². The second-order valence-corrected chi connectivity index (χ2v) is 6.37. The lowest BCUT2D eigenvalue weighted by molar-refractivity contribution is -0.134. The van der Waals surface area contributed by atoms with E-state index in [9.17, 15) is 14.7 Å². The lowest BCUT2D eigenvalue weighted by Crippen LogP contribution is -2.56. The van der Waals surface area contributed by atoms with Crippen LogP contribution in [0, 0.1) is 0 Å². The molecule has 2 saturated heterocycles. The van der Waals surface area contributed by atoms with E-state index in [0.717, 1.165) is 25.2 Å². The van der Waals surface area contributed by atoms with Gasteiger partial charge in [0.05, 0.1) is 0 Å². The molecular weight excluding hydrogens is 294 g/mol. The second kappa shape index (κ2) is 5.85. The summed E-state index contributed by atoms with van der Waals surface area (Å²) in [5.74, 6) is 0.205. The van der Waals surface area contributed by atoms with Gasteiger partial charge in [-0.2, -0.15) is 0 Å². The lowest BCUT2D eigenvalue weighted by atomic mass is 9.85. The van der Waals surface area contributed by atoms with Crippen LogP contribution in [0.1, 0.15) is 25.3 Å². The largest absolute Gasteiger partial charge is 0.508 e. The molecule has 0 aromatic heterocycles. The van der Waals surface area contributed by atoms with E-state index in [1.807, 2.05) is 19.1 Å². The monoisotopic (exact) mass is 317 g/mol. The molecule has 0 unspecified atom stereocenters. The van der Waals surface area contributed by atoms with Gasteiger partial charge in [0.25, 0.3) is 5.91 Å². The number of hydrogen-bond acceptors (Lipinski definition) is 4. The maximum atomic E-state index is 12.6. The van der Waals surface area contributed by atoms with Gasteiger partial charge in [0.15, 0.2) is 0 Å². The van der Waals surface area contributed by atoms with Crippen LogP contribution in [0.15, 0.2) is 24.3 Å². The Hall–Kier alpha value is -2.08. The Morgan fingerprint density at radius 3 is 2.30 bits per heavy atom. The number of rotatable bonds is 3. The van der Waals surface area contributed by atoms with E-state index in [0.29, 0.717) is 19.4 Å². The Bertz CT molecular complexity index is 606. The Kier molecular flexibility index (Phi) is 4.02. The normalized spacial score (nSPS) is 21.5. The van der Waals surface area contributed by atoms with E-state index >= 15 is 0 Å². The van der Waals surface area contributed by atoms with Crippen molar-refractivity contribution >= 4 is 11.9 Å². The first-order valence-corrected chi connectivity index (χ1v) is 8.08. The van der Waals surface area contributed by atoms with E-state index in [4.69, 9.17) is 0 Å². The van der Waals surface area contributed by atoms with Gasteiger partial charge in [-0.3, -0.25) is 14.6 Å². The number of amides is 3. The number of likely N-dealkylation sites (N-methyl/N-ethyl adjacent to an activating group) is 2. The van der Waals surface area contributed by atoms with Crippen molar-refractivity contribution in [2.45, 2.75) is 31.8 Å². The van der Waals surface area contributed by atoms with Crippen LogP contribution in [-0.2, 0) is 11.3 Å². The molecule has 0 saturated carbocycles. The molecule has 1 spiro atoms. The number of nitrogens with zero attached hydrogens (tertiary/aromatic N) is 3. The van der Waals surface area contributed by atoms with Crippen LogP contribution in [0.2, 0.25) is 0 Å². The van der Waals surface area contributed by atoms with Crippen LogP contribution in [0.4, 0.5) is 4.79 Å². The Morgan fingerprint density at radius 1 is 1.13 bits per heavy atom. The fourth-order valence-corrected chi connectivity index (χ4v) is 3.74. The van der Waals surface area contributed by atoms with Gasteiger partial charge in [-0.1, -0.05) is 12.1 Å². The molecule has 23 heavy (non-hydrogen) atoms. The number of imide groups is 1. The maximum absolute atomic E-state index is 12.6. The molecule has 124 valence electrons. The predicted octanol–water partition coefficient (Wildman–Crippen LogP) is 1.64. The van der Waals surface area contributed by atoms with E-state index in [-0.39, 0.29) is 17.7 Å². The van der Waals surface area contributed by atoms with Crippen molar-refractivity contribution < 1.29 is 14.7 Å². The smallest absolute Gasteiger partial charge is 0.327 e. The molecule has 2 aliphatic rings. The molecule has 0 bridgehead atoms. The van der Waals surface area contributed by atoms with Gasteiger partial charge in [-0.15, -0.1) is 0 Å². The Balaban J connectivity index is 1.69. The van der Waals surface area contributed by atoms with Gasteiger partial charge in [0.2, 0.25) is 0 Å². The van der Waals surface area contributed by atoms with Crippen molar-refractivity contribution in [1.29, 1.82) is 0 Å². The van der Waals surface area contributed by atoms with Gasteiger partial charge < -0.3 is 10.0 Å². The predicted molar refractivity (Wildman–Crippen MR) is 85.9 cm³/mol. The third kappa shape index (κ3) is 2.57. The first-order valence-electron chi connectivity index (χ1n) is 8.08. The summed E-state index contributed by atoms with van der Waals surface area (Å²) in [5, 5.41) is 9.34. The number of urea groups is 1. The number of likely N-dealkylation sites (tertiary alicyclic amines) is 1. The zero-order chi connectivity index (χ0) is 16.6.